The zero-order valence-electron chi connectivity index (χ0n) is 15.2. The molecule has 0 aromatic heterocycles. The number of ether oxygens (including phenoxy) is 2. The molecule has 0 aromatic carbocycles. The van der Waals surface area contributed by atoms with Gasteiger partial charge >= 0.3 is 0 Å². The van der Waals surface area contributed by atoms with Crippen LogP contribution in [0.15, 0.2) is 0 Å². The molecule has 0 rings (SSSR count). The molecule has 0 atom stereocenters. The standard InChI is InChI=1S/C18H38O4/c1-17(2,7-5-11-19)9-13-21-15-16-22-14-10-18(3,4)8-6-12-20/h19-20H,5-16H2,1-4H3. The van der Waals surface area contributed by atoms with Crippen LogP contribution in [-0.4, -0.2) is 49.9 Å². The molecule has 0 saturated carbocycles. The lowest BCUT2D eigenvalue weighted by Gasteiger charge is -2.24. The molecule has 0 amide bonds. The minimum absolute atomic E-state index is 0.236. The largest absolute Gasteiger partial charge is 0.396 e. The molecule has 0 heterocycles. The highest BCUT2D eigenvalue weighted by Crippen LogP contribution is 2.27. The first-order chi connectivity index (χ1) is 10.3. The van der Waals surface area contributed by atoms with Crippen LogP contribution in [0.3, 0.4) is 0 Å². The highest BCUT2D eigenvalue weighted by Gasteiger charge is 2.17. The van der Waals surface area contributed by atoms with Crippen molar-refractivity contribution in [2.75, 3.05) is 39.6 Å². The zero-order chi connectivity index (χ0) is 16.9. The smallest absolute Gasteiger partial charge is 0.0700 e. The first-order valence-electron chi connectivity index (χ1n) is 8.70. The third-order valence-corrected chi connectivity index (χ3v) is 4.24. The summed E-state index contributed by atoms with van der Waals surface area (Å²) in [5, 5.41) is 17.7. The summed E-state index contributed by atoms with van der Waals surface area (Å²) in [6.07, 6.45) is 5.82. The minimum Gasteiger partial charge on any atom is -0.396 e. The lowest BCUT2D eigenvalue weighted by Crippen LogP contribution is -2.18. The molecule has 2 N–H and O–H groups in total. The molecular weight excluding hydrogens is 280 g/mol. The van der Waals surface area contributed by atoms with E-state index in [9.17, 15) is 0 Å². The Morgan fingerprint density at radius 1 is 0.591 bits per heavy atom. The summed E-state index contributed by atoms with van der Waals surface area (Å²) in [4.78, 5) is 0. The van der Waals surface area contributed by atoms with Gasteiger partial charge in [-0.1, -0.05) is 27.7 Å². The number of hydrogen-bond donors (Lipinski definition) is 2. The molecule has 0 aliphatic rings. The molecule has 0 aliphatic heterocycles. The predicted octanol–water partition coefficient (Wildman–Crippen LogP) is 3.40. The molecule has 0 unspecified atom stereocenters. The topological polar surface area (TPSA) is 58.9 Å². The van der Waals surface area contributed by atoms with E-state index in [2.05, 4.69) is 27.7 Å². The number of aliphatic hydroxyl groups is 2. The lowest BCUT2D eigenvalue weighted by molar-refractivity contribution is 0.0266. The maximum absolute atomic E-state index is 8.87. The molecule has 0 bridgehead atoms. The van der Waals surface area contributed by atoms with Crippen molar-refractivity contribution in [1.82, 2.24) is 0 Å². The molecule has 0 aliphatic carbocycles. The fourth-order valence-electron chi connectivity index (χ4n) is 2.38. The average molecular weight is 318 g/mol. The first-order valence-corrected chi connectivity index (χ1v) is 8.70. The molecule has 0 aromatic rings. The Balaban J connectivity index is 3.47. The number of rotatable bonds is 15. The second-order valence-corrected chi connectivity index (χ2v) is 7.71. The predicted molar refractivity (Wildman–Crippen MR) is 91.1 cm³/mol. The Bertz CT molecular complexity index is 225. The first kappa shape index (κ1) is 21.8. The van der Waals surface area contributed by atoms with Gasteiger partial charge in [0, 0.05) is 26.4 Å². The summed E-state index contributed by atoms with van der Waals surface area (Å²) in [5.74, 6) is 0. The van der Waals surface area contributed by atoms with Gasteiger partial charge in [-0.2, -0.15) is 0 Å². The summed E-state index contributed by atoms with van der Waals surface area (Å²) in [6.45, 7) is 12.2. The quantitative estimate of drug-likeness (QED) is 0.454. The molecule has 134 valence electrons. The average Bonchev–Trinajstić information content (AvgIpc) is 2.46. The van der Waals surface area contributed by atoms with Crippen LogP contribution in [0.5, 0.6) is 0 Å². The van der Waals surface area contributed by atoms with Gasteiger partial charge in [0.1, 0.15) is 0 Å². The van der Waals surface area contributed by atoms with E-state index in [-0.39, 0.29) is 24.0 Å². The van der Waals surface area contributed by atoms with Crippen molar-refractivity contribution in [3.63, 3.8) is 0 Å². The summed E-state index contributed by atoms with van der Waals surface area (Å²) < 4.78 is 11.3. The van der Waals surface area contributed by atoms with Crippen LogP contribution in [0.4, 0.5) is 0 Å². The molecule has 22 heavy (non-hydrogen) atoms. The van der Waals surface area contributed by atoms with Crippen molar-refractivity contribution >= 4 is 0 Å². The Hall–Kier alpha value is -0.160. The van der Waals surface area contributed by atoms with Crippen LogP contribution < -0.4 is 0 Å². The van der Waals surface area contributed by atoms with Gasteiger partial charge < -0.3 is 19.7 Å². The Morgan fingerprint density at radius 3 is 1.27 bits per heavy atom. The minimum atomic E-state index is 0.236. The maximum atomic E-state index is 8.87. The van der Waals surface area contributed by atoms with Crippen LogP contribution in [0.25, 0.3) is 0 Å². The highest BCUT2D eigenvalue weighted by atomic mass is 16.5. The Kier molecular flexibility index (Phi) is 12.2. The third kappa shape index (κ3) is 13.5. The SMILES string of the molecule is CC(C)(CCCO)CCOCCOCCC(C)(C)CCCO. The summed E-state index contributed by atoms with van der Waals surface area (Å²) >= 11 is 0. The second-order valence-electron chi connectivity index (χ2n) is 7.71. The number of aliphatic hydroxyl groups excluding tert-OH is 2. The van der Waals surface area contributed by atoms with Gasteiger partial charge in [0.25, 0.3) is 0 Å². The Labute approximate surface area is 137 Å². The summed E-state index contributed by atoms with van der Waals surface area (Å²) in [7, 11) is 0. The van der Waals surface area contributed by atoms with E-state index >= 15 is 0 Å². The molecule has 4 nitrogen and oxygen atoms in total. The van der Waals surface area contributed by atoms with Gasteiger partial charge in [-0.05, 0) is 49.4 Å². The van der Waals surface area contributed by atoms with E-state index in [1.807, 2.05) is 0 Å². The van der Waals surface area contributed by atoms with Crippen LogP contribution >= 0.6 is 0 Å². The van der Waals surface area contributed by atoms with E-state index in [4.69, 9.17) is 19.7 Å². The Morgan fingerprint density at radius 2 is 0.955 bits per heavy atom. The normalized spacial score (nSPS) is 12.8. The van der Waals surface area contributed by atoms with Crippen molar-refractivity contribution in [3.8, 4) is 0 Å². The summed E-state index contributed by atoms with van der Waals surface area (Å²) in [6, 6.07) is 0. The van der Waals surface area contributed by atoms with Crippen LogP contribution in [0, 0.1) is 10.8 Å². The van der Waals surface area contributed by atoms with Gasteiger partial charge in [-0.25, -0.2) is 0 Å². The highest BCUT2D eigenvalue weighted by molar-refractivity contribution is 4.68. The van der Waals surface area contributed by atoms with E-state index in [1.165, 1.54) is 0 Å². The third-order valence-electron chi connectivity index (χ3n) is 4.24. The van der Waals surface area contributed by atoms with Crippen molar-refractivity contribution in [2.45, 2.75) is 66.2 Å². The monoisotopic (exact) mass is 318 g/mol. The molecule has 4 heteroatoms. The molecule has 0 radical (unpaired) electrons. The van der Waals surface area contributed by atoms with Gasteiger partial charge in [0.05, 0.1) is 13.2 Å². The summed E-state index contributed by atoms with van der Waals surface area (Å²) in [5.41, 5.74) is 0.473. The van der Waals surface area contributed by atoms with Crippen molar-refractivity contribution in [2.24, 2.45) is 10.8 Å². The van der Waals surface area contributed by atoms with Crippen LogP contribution in [0.2, 0.25) is 0 Å². The lowest BCUT2D eigenvalue weighted by atomic mass is 9.85. The van der Waals surface area contributed by atoms with Crippen molar-refractivity contribution in [1.29, 1.82) is 0 Å². The molecule has 0 spiro atoms. The second kappa shape index (κ2) is 12.3. The molecule has 0 fully saturated rings. The van der Waals surface area contributed by atoms with Crippen molar-refractivity contribution in [3.05, 3.63) is 0 Å². The molecular formula is C18H38O4. The molecule has 0 saturated heterocycles. The van der Waals surface area contributed by atoms with E-state index < -0.39 is 0 Å². The van der Waals surface area contributed by atoms with E-state index in [0.717, 1.165) is 51.7 Å². The van der Waals surface area contributed by atoms with E-state index in [1.54, 1.807) is 0 Å². The zero-order valence-corrected chi connectivity index (χ0v) is 15.2. The fraction of sp³-hybridized carbons (Fsp3) is 1.00. The fourth-order valence-corrected chi connectivity index (χ4v) is 2.38. The maximum Gasteiger partial charge on any atom is 0.0700 e. The van der Waals surface area contributed by atoms with Gasteiger partial charge in [0.2, 0.25) is 0 Å². The van der Waals surface area contributed by atoms with E-state index in [0.29, 0.717) is 13.2 Å². The van der Waals surface area contributed by atoms with Crippen LogP contribution in [0.1, 0.15) is 66.2 Å². The van der Waals surface area contributed by atoms with Crippen molar-refractivity contribution < 1.29 is 19.7 Å². The van der Waals surface area contributed by atoms with Crippen LogP contribution in [-0.2, 0) is 9.47 Å². The van der Waals surface area contributed by atoms with Gasteiger partial charge in [-0.3, -0.25) is 0 Å². The van der Waals surface area contributed by atoms with Gasteiger partial charge in [-0.15, -0.1) is 0 Å². The van der Waals surface area contributed by atoms with Gasteiger partial charge in [0.15, 0.2) is 0 Å². The number of hydrogen-bond acceptors (Lipinski definition) is 4.